The smallest absolute Gasteiger partial charge is 0.274 e. The Bertz CT molecular complexity index is 624. The number of nitro groups is 1. The number of nitrogens with zero attached hydrogens (tertiary/aromatic N) is 4. The Hall–Kier alpha value is -2.64. The second kappa shape index (κ2) is 8.28. The highest BCUT2D eigenvalue weighted by Gasteiger charge is 2.21. The Balaban J connectivity index is 2.09. The third-order valence-electron chi connectivity index (χ3n) is 3.95. The number of piperazine rings is 1. The van der Waals surface area contributed by atoms with Gasteiger partial charge in [0.1, 0.15) is 0 Å². The molecule has 0 radical (unpaired) electrons. The summed E-state index contributed by atoms with van der Waals surface area (Å²) < 4.78 is 0. The molecule has 1 aromatic carbocycles. The maximum absolute atomic E-state index is 11.4. The lowest BCUT2D eigenvalue weighted by Crippen LogP contribution is -2.53. The van der Waals surface area contributed by atoms with Crippen molar-refractivity contribution >= 4 is 17.6 Å². The quantitative estimate of drug-likeness (QED) is 0.387. The lowest BCUT2D eigenvalue weighted by molar-refractivity contribution is -0.385. The molecule has 0 saturated carbocycles. The Morgan fingerprint density at radius 1 is 1.25 bits per heavy atom. The Kier molecular flexibility index (Phi) is 6.11. The summed E-state index contributed by atoms with van der Waals surface area (Å²) in [5.41, 5.74) is 0.666. The zero-order valence-corrected chi connectivity index (χ0v) is 14.1. The number of rotatable bonds is 4. The van der Waals surface area contributed by atoms with Crippen LogP contribution in [0.3, 0.4) is 0 Å². The first-order valence-corrected chi connectivity index (χ1v) is 8.04. The van der Waals surface area contributed by atoms with Gasteiger partial charge in [0.15, 0.2) is 5.96 Å². The van der Waals surface area contributed by atoms with E-state index in [1.807, 2.05) is 11.8 Å². The molecule has 130 valence electrons. The zero-order chi connectivity index (χ0) is 17.5. The van der Waals surface area contributed by atoms with E-state index < -0.39 is 0 Å². The average molecular weight is 333 g/mol. The summed E-state index contributed by atoms with van der Waals surface area (Å²) in [7, 11) is 0. The number of hydrogen-bond donors (Lipinski definition) is 1. The number of para-hydroxylation sites is 1. The summed E-state index contributed by atoms with van der Waals surface area (Å²) in [5, 5.41) is 14.3. The summed E-state index contributed by atoms with van der Waals surface area (Å²) in [6, 6.07) is 6.64. The first kappa shape index (κ1) is 17.7. The molecule has 0 aliphatic carbocycles. The molecule has 0 atom stereocenters. The Morgan fingerprint density at radius 3 is 2.46 bits per heavy atom. The predicted molar refractivity (Wildman–Crippen MR) is 91.7 cm³/mol. The number of carbonyl (C=O) groups is 1. The number of nitrogens with one attached hydrogen (secondary N) is 1. The largest absolute Gasteiger partial charge is 0.357 e. The summed E-state index contributed by atoms with van der Waals surface area (Å²) in [6.07, 6.45) is 0. The Labute approximate surface area is 141 Å². The number of guanidine groups is 1. The molecule has 8 nitrogen and oxygen atoms in total. The molecule has 1 N–H and O–H groups in total. The van der Waals surface area contributed by atoms with Gasteiger partial charge in [-0.3, -0.25) is 14.9 Å². The standard InChI is InChI=1S/C16H23N5O3/c1-3-17-16(20-10-8-19(9-11-20)13(2)22)18-12-14-6-4-5-7-15(14)21(23)24/h4-7H,3,8-12H2,1-2H3,(H,17,18). The Morgan fingerprint density at radius 2 is 1.88 bits per heavy atom. The van der Waals surface area contributed by atoms with Crippen LogP contribution in [0.25, 0.3) is 0 Å². The molecule has 8 heteroatoms. The number of aliphatic imine (C=N–C) groups is 1. The molecule has 24 heavy (non-hydrogen) atoms. The molecule has 0 spiro atoms. The van der Waals surface area contributed by atoms with Crippen LogP contribution in [0.2, 0.25) is 0 Å². The number of hydrogen-bond acceptors (Lipinski definition) is 4. The van der Waals surface area contributed by atoms with Gasteiger partial charge in [-0.15, -0.1) is 0 Å². The first-order chi connectivity index (χ1) is 11.5. The van der Waals surface area contributed by atoms with Crippen molar-refractivity contribution in [2.24, 2.45) is 4.99 Å². The molecule has 1 fully saturated rings. The van der Waals surface area contributed by atoms with E-state index in [4.69, 9.17) is 0 Å². The van der Waals surface area contributed by atoms with Crippen molar-refractivity contribution in [3.05, 3.63) is 39.9 Å². The van der Waals surface area contributed by atoms with Crippen molar-refractivity contribution in [1.29, 1.82) is 0 Å². The SMILES string of the molecule is CCNC(=NCc1ccccc1[N+](=O)[O-])N1CCN(C(C)=O)CC1. The molecule has 1 aliphatic rings. The minimum atomic E-state index is -0.386. The molecule has 0 bridgehead atoms. The summed E-state index contributed by atoms with van der Waals surface area (Å²) in [5.74, 6) is 0.801. The van der Waals surface area contributed by atoms with Crippen LogP contribution >= 0.6 is 0 Å². The van der Waals surface area contributed by atoms with Crippen LogP contribution in [0.1, 0.15) is 19.4 Å². The van der Waals surface area contributed by atoms with Gasteiger partial charge in [0.25, 0.3) is 5.69 Å². The highest BCUT2D eigenvalue weighted by atomic mass is 16.6. The van der Waals surface area contributed by atoms with Crippen molar-refractivity contribution in [1.82, 2.24) is 15.1 Å². The van der Waals surface area contributed by atoms with Gasteiger partial charge in [0.2, 0.25) is 5.91 Å². The van der Waals surface area contributed by atoms with E-state index in [0.717, 1.165) is 5.96 Å². The minimum absolute atomic E-state index is 0.0801. The first-order valence-electron chi connectivity index (χ1n) is 8.04. The van der Waals surface area contributed by atoms with Crippen LogP contribution in [-0.4, -0.2) is 59.3 Å². The van der Waals surface area contributed by atoms with E-state index in [1.54, 1.807) is 25.1 Å². The fourth-order valence-electron chi connectivity index (χ4n) is 2.64. The van der Waals surface area contributed by atoms with Gasteiger partial charge in [-0.05, 0) is 6.92 Å². The second-order valence-electron chi connectivity index (χ2n) is 5.55. The maximum Gasteiger partial charge on any atom is 0.274 e. The van der Waals surface area contributed by atoms with Crippen LogP contribution in [-0.2, 0) is 11.3 Å². The zero-order valence-electron chi connectivity index (χ0n) is 14.1. The monoisotopic (exact) mass is 333 g/mol. The van der Waals surface area contributed by atoms with E-state index in [0.29, 0.717) is 38.3 Å². The average Bonchev–Trinajstić information content (AvgIpc) is 2.59. The van der Waals surface area contributed by atoms with Gasteiger partial charge >= 0.3 is 0 Å². The number of carbonyl (C=O) groups excluding carboxylic acids is 1. The maximum atomic E-state index is 11.4. The molecule has 0 aromatic heterocycles. The molecular weight excluding hydrogens is 310 g/mol. The van der Waals surface area contributed by atoms with Gasteiger partial charge < -0.3 is 15.1 Å². The van der Waals surface area contributed by atoms with Crippen LogP contribution in [0.5, 0.6) is 0 Å². The van der Waals surface area contributed by atoms with Crippen molar-refractivity contribution < 1.29 is 9.72 Å². The molecule has 0 unspecified atom stereocenters. The van der Waals surface area contributed by atoms with Crippen molar-refractivity contribution in [3.8, 4) is 0 Å². The molecule has 2 rings (SSSR count). The highest BCUT2D eigenvalue weighted by Crippen LogP contribution is 2.18. The lowest BCUT2D eigenvalue weighted by Gasteiger charge is -2.36. The molecular formula is C16H23N5O3. The van der Waals surface area contributed by atoms with E-state index in [9.17, 15) is 14.9 Å². The van der Waals surface area contributed by atoms with E-state index in [2.05, 4.69) is 15.2 Å². The molecule has 1 amide bonds. The molecule has 1 aromatic rings. The van der Waals surface area contributed by atoms with Crippen LogP contribution < -0.4 is 5.32 Å². The van der Waals surface area contributed by atoms with Gasteiger partial charge in [0.05, 0.1) is 17.0 Å². The predicted octanol–water partition coefficient (Wildman–Crippen LogP) is 1.22. The van der Waals surface area contributed by atoms with Crippen molar-refractivity contribution in [2.45, 2.75) is 20.4 Å². The summed E-state index contributed by atoms with van der Waals surface area (Å²) in [6.45, 7) is 7.21. The normalized spacial score (nSPS) is 15.3. The molecule has 1 saturated heterocycles. The topological polar surface area (TPSA) is 91.1 Å². The lowest BCUT2D eigenvalue weighted by atomic mass is 10.2. The minimum Gasteiger partial charge on any atom is -0.357 e. The number of amides is 1. The third-order valence-corrected chi connectivity index (χ3v) is 3.95. The van der Waals surface area contributed by atoms with Gasteiger partial charge in [-0.1, -0.05) is 18.2 Å². The van der Waals surface area contributed by atoms with E-state index in [-0.39, 0.29) is 23.1 Å². The molecule has 1 heterocycles. The molecule has 1 aliphatic heterocycles. The number of nitro benzene ring substituents is 1. The van der Waals surface area contributed by atoms with Gasteiger partial charge in [-0.25, -0.2) is 4.99 Å². The van der Waals surface area contributed by atoms with Crippen LogP contribution in [0.4, 0.5) is 5.69 Å². The number of benzene rings is 1. The highest BCUT2D eigenvalue weighted by molar-refractivity contribution is 5.80. The van der Waals surface area contributed by atoms with E-state index in [1.165, 1.54) is 6.07 Å². The van der Waals surface area contributed by atoms with E-state index >= 15 is 0 Å². The fourth-order valence-corrected chi connectivity index (χ4v) is 2.64. The summed E-state index contributed by atoms with van der Waals surface area (Å²) in [4.78, 5) is 30.5. The van der Waals surface area contributed by atoms with Crippen molar-refractivity contribution in [2.75, 3.05) is 32.7 Å². The van der Waals surface area contributed by atoms with Gasteiger partial charge in [-0.2, -0.15) is 0 Å². The second-order valence-corrected chi connectivity index (χ2v) is 5.55. The van der Waals surface area contributed by atoms with Gasteiger partial charge in [0, 0.05) is 45.7 Å². The van der Waals surface area contributed by atoms with Crippen molar-refractivity contribution in [3.63, 3.8) is 0 Å². The van der Waals surface area contributed by atoms with Crippen LogP contribution in [0, 0.1) is 10.1 Å². The third kappa shape index (κ3) is 4.43. The summed E-state index contributed by atoms with van der Waals surface area (Å²) >= 11 is 0. The van der Waals surface area contributed by atoms with Crippen LogP contribution in [0.15, 0.2) is 29.3 Å². The fraction of sp³-hybridized carbons (Fsp3) is 0.500.